The molecule has 2 N–H and O–H groups in total. The van der Waals surface area contributed by atoms with E-state index in [2.05, 4.69) is 15.1 Å². The Hall–Kier alpha value is -1.46. The third-order valence-corrected chi connectivity index (χ3v) is 1.61. The highest BCUT2D eigenvalue weighted by atomic mass is 35.5. The largest absolute Gasteiger partial charge is 0.324 e. The molecule has 6 heteroatoms. The first kappa shape index (κ1) is 10.6. The molecule has 0 spiro atoms. The number of nitrogens with zero attached hydrogens (tertiary/aromatic N) is 4. The zero-order valence-electron chi connectivity index (χ0n) is 7.37. The third-order valence-electron chi connectivity index (χ3n) is 1.61. The second kappa shape index (κ2) is 4.69. The summed E-state index contributed by atoms with van der Waals surface area (Å²) in [5, 5.41) is 4.05. The minimum Gasteiger partial charge on any atom is -0.324 e. The molecule has 0 fully saturated rings. The molecule has 5 nitrogen and oxygen atoms in total. The van der Waals surface area contributed by atoms with Crippen LogP contribution >= 0.6 is 12.4 Å². The van der Waals surface area contributed by atoms with E-state index in [1.54, 1.807) is 23.1 Å². The van der Waals surface area contributed by atoms with E-state index in [0.29, 0.717) is 12.4 Å². The van der Waals surface area contributed by atoms with Gasteiger partial charge in [0.05, 0.1) is 6.54 Å². The highest BCUT2D eigenvalue weighted by Crippen LogP contribution is 2.00. The molecule has 0 aliphatic heterocycles. The van der Waals surface area contributed by atoms with Crippen LogP contribution in [0, 0.1) is 0 Å². The quantitative estimate of drug-likeness (QED) is 0.788. The van der Waals surface area contributed by atoms with E-state index in [4.69, 9.17) is 5.73 Å². The molecule has 0 bridgehead atoms. The predicted octanol–water partition coefficient (Wildman–Crippen LogP) is 0.543. The minimum atomic E-state index is 0. The van der Waals surface area contributed by atoms with Gasteiger partial charge in [0.15, 0.2) is 5.82 Å². The first-order valence-electron chi connectivity index (χ1n) is 3.92. The van der Waals surface area contributed by atoms with Crippen molar-refractivity contribution in [3.8, 4) is 5.82 Å². The molecule has 2 heterocycles. The van der Waals surface area contributed by atoms with Crippen LogP contribution in [0.4, 0.5) is 0 Å². The Bertz CT molecular complexity index is 386. The van der Waals surface area contributed by atoms with Crippen LogP contribution in [0.25, 0.3) is 5.82 Å². The molecule has 2 rings (SSSR count). The monoisotopic (exact) mass is 211 g/mol. The van der Waals surface area contributed by atoms with Crippen molar-refractivity contribution in [2.75, 3.05) is 0 Å². The van der Waals surface area contributed by atoms with E-state index in [1.807, 2.05) is 12.3 Å². The maximum Gasteiger partial charge on any atom is 0.157 e. The van der Waals surface area contributed by atoms with E-state index < -0.39 is 0 Å². The van der Waals surface area contributed by atoms with Gasteiger partial charge in [0.25, 0.3) is 0 Å². The van der Waals surface area contributed by atoms with Crippen LogP contribution in [-0.2, 0) is 6.54 Å². The van der Waals surface area contributed by atoms with Crippen LogP contribution in [0.2, 0.25) is 0 Å². The Balaban J connectivity index is 0.000000980. The summed E-state index contributed by atoms with van der Waals surface area (Å²) in [6.07, 6.45) is 5.19. The molecule has 0 aliphatic carbocycles. The number of hydrogen-bond donors (Lipinski definition) is 1. The number of nitrogens with two attached hydrogens (primary N) is 1. The van der Waals surface area contributed by atoms with Crippen molar-refractivity contribution >= 4 is 12.4 Å². The van der Waals surface area contributed by atoms with Crippen molar-refractivity contribution in [1.82, 2.24) is 19.7 Å². The molecule has 14 heavy (non-hydrogen) atoms. The molecule has 0 radical (unpaired) electrons. The van der Waals surface area contributed by atoms with Crippen LogP contribution in [0.5, 0.6) is 0 Å². The molecule has 0 saturated heterocycles. The van der Waals surface area contributed by atoms with Gasteiger partial charge in [-0.05, 0) is 6.07 Å². The zero-order chi connectivity index (χ0) is 9.10. The lowest BCUT2D eigenvalue weighted by Crippen LogP contribution is -2.06. The van der Waals surface area contributed by atoms with Gasteiger partial charge in [0, 0.05) is 24.7 Å². The summed E-state index contributed by atoms with van der Waals surface area (Å²) in [7, 11) is 0. The SMILES string of the molecule is Cl.NCc1nccc(-n2cccn2)n1. The van der Waals surface area contributed by atoms with Gasteiger partial charge < -0.3 is 5.73 Å². The fourth-order valence-corrected chi connectivity index (χ4v) is 1.02. The van der Waals surface area contributed by atoms with E-state index in [1.165, 1.54) is 0 Å². The summed E-state index contributed by atoms with van der Waals surface area (Å²) in [5.74, 6) is 1.36. The van der Waals surface area contributed by atoms with Crippen molar-refractivity contribution < 1.29 is 0 Å². The lowest BCUT2D eigenvalue weighted by molar-refractivity contribution is 0.807. The normalized spacial score (nSPS) is 9.50. The molecule has 0 aliphatic rings. The van der Waals surface area contributed by atoms with Crippen LogP contribution < -0.4 is 5.73 Å². The number of rotatable bonds is 2. The Morgan fingerprint density at radius 3 is 2.86 bits per heavy atom. The van der Waals surface area contributed by atoms with Gasteiger partial charge in [-0.1, -0.05) is 0 Å². The molecule has 2 aromatic rings. The van der Waals surface area contributed by atoms with E-state index in [9.17, 15) is 0 Å². The van der Waals surface area contributed by atoms with Gasteiger partial charge in [0.1, 0.15) is 5.82 Å². The lowest BCUT2D eigenvalue weighted by atomic mass is 10.5. The van der Waals surface area contributed by atoms with E-state index >= 15 is 0 Å². The van der Waals surface area contributed by atoms with E-state index in [0.717, 1.165) is 5.82 Å². The van der Waals surface area contributed by atoms with Gasteiger partial charge in [-0.15, -0.1) is 12.4 Å². The second-order valence-corrected chi connectivity index (χ2v) is 2.49. The zero-order valence-corrected chi connectivity index (χ0v) is 8.18. The van der Waals surface area contributed by atoms with Crippen molar-refractivity contribution in [2.45, 2.75) is 6.54 Å². The van der Waals surface area contributed by atoms with Gasteiger partial charge in [-0.25, -0.2) is 14.6 Å². The summed E-state index contributed by atoms with van der Waals surface area (Å²) in [5.41, 5.74) is 5.42. The van der Waals surface area contributed by atoms with Crippen LogP contribution in [-0.4, -0.2) is 19.7 Å². The average Bonchev–Trinajstić information content (AvgIpc) is 2.71. The molecule has 0 amide bonds. The number of halogens is 1. The molecule has 2 aromatic heterocycles. The van der Waals surface area contributed by atoms with Crippen LogP contribution in [0.1, 0.15) is 5.82 Å². The Labute approximate surface area is 87.4 Å². The fraction of sp³-hybridized carbons (Fsp3) is 0.125. The number of hydrogen-bond acceptors (Lipinski definition) is 4. The van der Waals surface area contributed by atoms with Gasteiger partial charge in [-0.2, -0.15) is 5.10 Å². The van der Waals surface area contributed by atoms with Crippen LogP contribution in [0.3, 0.4) is 0 Å². The smallest absolute Gasteiger partial charge is 0.157 e. The van der Waals surface area contributed by atoms with Crippen molar-refractivity contribution in [3.63, 3.8) is 0 Å². The second-order valence-electron chi connectivity index (χ2n) is 2.49. The Morgan fingerprint density at radius 1 is 1.36 bits per heavy atom. The lowest BCUT2D eigenvalue weighted by Gasteiger charge is -2.00. The third kappa shape index (κ3) is 2.07. The molecular formula is C8H10ClN5. The Kier molecular flexibility index (Phi) is 3.55. The number of aromatic nitrogens is 4. The summed E-state index contributed by atoms with van der Waals surface area (Å²) < 4.78 is 1.67. The van der Waals surface area contributed by atoms with Gasteiger partial charge >= 0.3 is 0 Å². The van der Waals surface area contributed by atoms with Gasteiger partial charge in [0.2, 0.25) is 0 Å². The first-order chi connectivity index (χ1) is 6.40. The summed E-state index contributed by atoms with van der Waals surface area (Å²) in [6, 6.07) is 3.62. The average molecular weight is 212 g/mol. The molecule has 0 saturated carbocycles. The summed E-state index contributed by atoms with van der Waals surface area (Å²) in [6.45, 7) is 0.342. The fourth-order valence-electron chi connectivity index (χ4n) is 1.02. The summed E-state index contributed by atoms with van der Waals surface area (Å²) >= 11 is 0. The maximum absolute atomic E-state index is 5.42. The predicted molar refractivity (Wildman–Crippen MR) is 54.3 cm³/mol. The van der Waals surface area contributed by atoms with Crippen molar-refractivity contribution in [3.05, 3.63) is 36.5 Å². The highest BCUT2D eigenvalue weighted by molar-refractivity contribution is 5.85. The standard InChI is InChI=1S/C8H9N5.ClH/c9-6-7-10-4-2-8(12-7)13-5-1-3-11-13;/h1-5H,6,9H2;1H. The molecular weight excluding hydrogens is 202 g/mol. The highest BCUT2D eigenvalue weighted by Gasteiger charge is 1.98. The molecule has 74 valence electrons. The van der Waals surface area contributed by atoms with Crippen molar-refractivity contribution in [2.24, 2.45) is 5.73 Å². The topological polar surface area (TPSA) is 69.6 Å². The molecule has 0 aromatic carbocycles. The van der Waals surface area contributed by atoms with Gasteiger partial charge in [-0.3, -0.25) is 0 Å². The van der Waals surface area contributed by atoms with E-state index in [-0.39, 0.29) is 12.4 Å². The Morgan fingerprint density at radius 2 is 2.21 bits per heavy atom. The maximum atomic E-state index is 5.42. The molecule has 0 unspecified atom stereocenters. The van der Waals surface area contributed by atoms with Crippen molar-refractivity contribution in [1.29, 1.82) is 0 Å². The minimum absolute atomic E-state index is 0. The van der Waals surface area contributed by atoms with Crippen LogP contribution in [0.15, 0.2) is 30.7 Å². The first-order valence-corrected chi connectivity index (χ1v) is 3.92. The molecule has 0 atom stereocenters. The summed E-state index contributed by atoms with van der Waals surface area (Å²) in [4.78, 5) is 8.19.